The van der Waals surface area contributed by atoms with E-state index in [9.17, 15) is 38.7 Å². The standard InChI is InChI=1S/C30H29NO9/c32-20-4-5-21(33)7-9-23(35)11-14-28(38)26-15-19(2-12-25(26)27(37)13-10-22(34)8-6-20)31-17-18-1-3-24(36)16-29(18)40-30(31)39/h1-3,12,15-16,36H,4-11,13-14,17H2. The Morgan fingerprint density at radius 3 is 1.62 bits per heavy atom. The van der Waals surface area contributed by atoms with E-state index >= 15 is 0 Å². The average molecular weight is 548 g/mol. The first kappa shape index (κ1) is 28.5. The minimum absolute atomic E-state index is 0.00154. The smallest absolute Gasteiger partial charge is 0.420 e. The molecule has 0 radical (unpaired) electrons. The number of carbonyl (C=O) groups excluding carboxylic acids is 7. The molecule has 1 heterocycles. The van der Waals surface area contributed by atoms with Gasteiger partial charge in [0.1, 0.15) is 34.6 Å². The molecule has 0 saturated carbocycles. The molecular formula is C30H29NO9. The molecule has 1 N–H and O–H groups in total. The Labute approximate surface area is 230 Å². The lowest BCUT2D eigenvalue weighted by Crippen LogP contribution is -2.37. The van der Waals surface area contributed by atoms with Gasteiger partial charge in [-0.2, -0.15) is 0 Å². The van der Waals surface area contributed by atoms with E-state index in [-0.39, 0.29) is 122 Å². The number of hydrogen-bond acceptors (Lipinski definition) is 9. The minimum atomic E-state index is -0.739. The normalized spacial score (nSPS) is 18.5. The Hall–Kier alpha value is -4.47. The summed E-state index contributed by atoms with van der Waals surface area (Å²) in [5.41, 5.74) is 0.990. The third-order valence-electron chi connectivity index (χ3n) is 7.02. The molecule has 0 saturated heterocycles. The van der Waals surface area contributed by atoms with Crippen LogP contribution in [0.1, 0.15) is 90.5 Å². The molecule has 2 aromatic rings. The maximum absolute atomic E-state index is 13.3. The summed E-state index contributed by atoms with van der Waals surface area (Å²) in [6.45, 7) is 0.0924. The highest BCUT2D eigenvalue weighted by Gasteiger charge is 2.28. The summed E-state index contributed by atoms with van der Waals surface area (Å²) >= 11 is 0. The number of fused-ring (bicyclic) bond motifs is 2. The summed E-state index contributed by atoms with van der Waals surface area (Å²) in [6, 6.07) is 8.70. The van der Waals surface area contributed by atoms with E-state index < -0.39 is 17.7 Å². The number of carbonyl (C=O) groups is 7. The van der Waals surface area contributed by atoms with Gasteiger partial charge in [0.25, 0.3) is 0 Å². The molecular weight excluding hydrogens is 518 g/mol. The molecule has 1 aliphatic heterocycles. The van der Waals surface area contributed by atoms with Gasteiger partial charge in [-0.1, -0.05) is 0 Å². The number of rotatable bonds is 1. The van der Waals surface area contributed by atoms with Crippen LogP contribution in [0.3, 0.4) is 0 Å². The van der Waals surface area contributed by atoms with E-state index in [1.807, 2.05) is 0 Å². The fourth-order valence-corrected chi connectivity index (χ4v) is 4.64. The number of phenolic OH excluding ortho intramolecular Hbond substituents is 1. The number of Topliss-reactive ketones (excluding diaryl/α,β-unsaturated/α-hetero) is 6. The van der Waals surface area contributed by atoms with Gasteiger partial charge in [0.2, 0.25) is 0 Å². The van der Waals surface area contributed by atoms with Crippen LogP contribution in [0.15, 0.2) is 36.4 Å². The zero-order chi connectivity index (χ0) is 28.8. The van der Waals surface area contributed by atoms with Crippen molar-refractivity contribution in [3.63, 3.8) is 0 Å². The highest BCUT2D eigenvalue weighted by molar-refractivity contribution is 6.11. The second-order valence-corrected chi connectivity index (χ2v) is 9.98. The van der Waals surface area contributed by atoms with Gasteiger partial charge in [-0.15, -0.1) is 0 Å². The Kier molecular flexibility index (Phi) is 8.98. The topological polar surface area (TPSA) is 152 Å². The molecule has 0 unspecified atom stereocenters. The molecule has 2 aliphatic rings. The number of aromatic hydroxyl groups is 1. The van der Waals surface area contributed by atoms with Crippen LogP contribution in [0, 0.1) is 0 Å². The van der Waals surface area contributed by atoms with Crippen molar-refractivity contribution in [3.05, 3.63) is 53.1 Å². The molecule has 0 bridgehead atoms. The number of ketones is 6. The maximum Gasteiger partial charge on any atom is 0.420 e. The molecule has 40 heavy (non-hydrogen) atoms. The lowest BCUT2D eigenvalue weighted by Gasteiger charge is -2.28. The molecule has 0 atom stereocenters. The highest BCUT2D eigenvalue weighted by atomic mass is 16.6. The first-order valence-corrected chi connectivity index (χ1v) is 13.2. The lowest BCUT2D eigenvalue weighted by atomic mass is 9.93. The Bertz CT molecular complexity index is 1410. The van der Waals surface area contributed by atoms with E-state index in [1.54, 1.807) is 6.07 Å². The van der Waals surface area contributed by atoms with E-state index in [1.165, 1.54) is 35.2 Å². The number of nitrogens with zero attached hydrogens (tertiary/aromatic N) is 1. The SMILES string of the molecule is O=C1CCC(=O)CCC(=O)CCC(=O)c2cc(N3Cc4ccc(O)cc4OC3=O)ccc2C(=O)CCC(=O)CC1. The number of ether oxygens (including phenoxy) is 1. The third-order valence-corrected chi connectivity index (χ3v) is 7.02. The zero-order valence-corrected chi connectivity index (χ0v) is 21.9. The van der Waals surface area contributed by atoms with Crippen molar-refractivity contribution in [2.24, 2.45) is 0 Å². The van der Waals surface area contributed by atoms with Crippen molar-refractivity contribution in [1.29, 1.82) is 0 Å². The van der Waals surface area contributed by atoms with E-state index in [0.717, 1.165) is 0 Å². The second kappa shape index (κ2) is 12.6. The molecule has 10 heteroatoms. The molecule has 4 rings (SSSR count). The van der Waals surface area contributed by atoms with Gasteiger partial charge in [-0.3, -0.25) is 33.7 Å². The predicted molar refractivity (Wildman–Crippen MR) is 142 cm³/mol. The average Bonchev–Trinajstić information content (AvgIpc) is 2.94. The largest absolute Gasteiger partial charge is 0.508 e. The van der Waals surface area contributed by atoms with E-state index in [0.29, 0.717) is 5.56 Å². The van der Waals surface area contributed by atoms with Crippen LogP contribution in [0.4, 0.5) is 10.5 Å². The summed E-state index contributed by atoms with van der Waals surface area (Å²) in [6.07, 6.45) is -1.51. The fourth-order valence-electron chi connectivity index (χ4n) is 4.64. The van der Waals surface area contributed by atoms with E-state index in [4.69, 9.17) is 4.74 Å². The lowest BCUT2D eigenvalue weighted by molar-refractivity contribution is -0.127. The van der Waals surface area contributed by atoms with Crippen LogP contribution in [-0.4, -0.2) is 45.9 Å². The highest BCUT2D eigenvalue weighted by Crippen LogP contribution is 2.33. The monoisotopic (exact) mass is 547 g/mol. The molecule has 0 spiro atoms. The third kappa shape index (κ3) is 7.13. The quantitative estimate of drug-likeness (QED) is 0.545. The van der Waals surface area contributed by atoms with Crippen molar-refractivity contribution in [3.8, 4) is 11.5 Å². The fraction of sp³-hybridized carbons (Fsp3) is 0.367. The second-order valence-electron chi connectivity index (χ2n) is 9.98. The maximum atomic E-state index is 13.3. The molecule has 1 amide bonds. The van der Waals surface area contributed by atoms with Gasteiger partial charge in [0, 0.05) is 92.7 Å². The summed E-state index contributed by atoms with van der Waals surface area (Å²) in [4.78, 5) is 89.2. The first-order valence-electron chi connectivity index (χ1n) is 13.2. The van der Waals surface area contributed by atoms with Crippen molar-refractivity contribution in [2.45, 2.75) is 70.8 Å². The van der Waals surface area contributed by atoms with Crippen molar-refractivity contribution in [2.75, 3.05) is 4.90 Å². The summed E-state index contributed by atoms with van der Waals surface area (Å²) in [5, 5.41) is 9.67. The van der Waals surface area contributed by atoms with Crippen molar-refractivity contribution in [1.82, 2.24) is 0 Å². The number of hydrogen-bond donors (Lipinski definition) is 1. The first-order chi connectivity index (χ1) is 19.1. The van der Waals surface area contributed by atoms with Crippen LogP contribution in [0.5, 0.6) is 11.5 Å². The number of phenols is 1. The molecule has 1 aliphatic carbocycles. The van der Waals surface area contributed by atoms with Crippen molar-refractivity contribution >= 4 is 46.5 Å². The van der Waals surface area contributed by atoms with Gasteiger partial charge in [0.15, 0.2) is 11.6 Å². The van der Waals surface area contributed by atoms with Gasteiger partial charge in [0.05, 0.1) is 6.54 Å². The summed E-state index contributed by atoms with van der Waals surface area (Å²) in [7, 11) is 0. The number of anilines is 1. The minimum Gasteiger partial charge on any atom is -0.508 e. The molecule has 10 nitrogen and oxygen atoms in total. The van der Waals surface area contributed by atoms with Crippen LogP contribution in [-0.2, 0) is 25.7 Å². The number of amides is 1. The summed E-state index contributed by atoms with van der Waals surface area (Å²) < 4.78 is 5.33. The predicted octanol–water partition coefficient (Wildman–Crippen LogP) is 4.47. The molecule has 0 fully saturated rings. The Morgan fingerprint density at radius 2 is 1.07 bits per heavy atom. The van der Waals surface area contributed by atoms with Gasteiger partial charge >= 0.3 is 6.09 Å². The Morgan fingerprint density at radius 1 is 0.575 bits per heavy atom. The summed E-state index contributed by atoms with van der Waals surface area (Å²) in [5.74, 6) is -1.79. The van der Waals surface area contributed by atoms with E-state index in [2.05, 4.69) is 0 Å². The molecule has 208 valence electrons. The molecule has 0 aromatic heterocycles. The van der Waals surface area contributed by atoms with Gasteiger partial charge < -0.3 is 9.84 Å². The van der Waals surface area contributed by atoms with Crippen LogP contribution < -0.4 is 9.64 Å². The van der Waals surface area contributed by atoms with Crippen molar-refractivity contribution < 1.29 is 43.4 Å². The van der Waals surface area contributed by atoms with Gasteiger partial charge in [-0.05, 0) is 30.3 Å². The zero-order valence-electron chi connectivity index (χ0n) is 21.9. The number of benzene rings is 2. The van der Waals surface area contributed by atoms with Gasteiger partial charge in [-0.25, -0.2) is 4.79 Å². The van der Waals surface area contributed by atoms with Crippen LogP contribution in [0.25, 0.3) is 0 Å². The Balaban J connectivity index is 1.61. The van der Waals surface area contributed by atoms with Crippen LogP contribution >= 0.6 is 0 Å². The van der Waals surface area contributed by atoms with Crippen LogP contribution in [0.2, 0.25) is 0 Å². The molecule has 2 aromatic carbocycles.